The van der Waals surface area contributed by atoms with Gasteiger partial charge in [0.2, 0.25) is 0 Å². The Kier molecular flexibility index (Phi) is 4.15. The molecule has 0 aliphatic heterocycles. The van der Waals surface area contributed by atoms with Crippen LogP contribution >= 0.6 is 11.3 Å². The minimum absolute atomic E-state index is 0.199. The Morgan fingerprint density at radius 2 is 2.07 bits per heavy atom. The largest absolute Gasteiger partial charge is 0.437 e. The molecular formula is C18H16N4O4S. The van der Waals surface area contributed by atoms with Crippen LogP contribution < -0.4 is 5.76 Å². The number of aromatic nitrogens is 4. The van der Waals surface area contributed by atoms with Crippen LogP contribution in [-0.4, -0.2) is 25.3 Å². The number of hydrogen-bond acceptors (Lipinski definition) is 7. The fourth-order valence-corrected chi connectivity index (χ4v) is 3.63. The summed E-state index contributed by atoms with van der Waals surface area (Å²) in [5.74, 6) is 0.613. The molecule has 0 amide bonds. The van der Waals surface area contributed by atoms with Crippen molar-refractivity contribution in [3.63, 3.8) is 0 Å². The Morgan fingerprint density at radius 3 is 2.74 bits per heavy atom. The van der Waals surface area contributed by atoms with Crippen LogP contribution in [0.2, 0.25) is 0 Å². The maximum atomic E-state index is 12.8. The normalized spacial score (nSPS) is 11.2. The second kappa shape index (κ2) is 6.51. The molecular weight excluding hydrogens is 368 g/mol. The third-order valence-electron chi connectivity index (χ3n) is 4.21. The van der Waals surface area contributed by atoms with Crippen molar-refractivity contribution in [2.45, 2.75) is 27.3 Å². The fraction of sp³-hybridized carbons (Fsp3) is 0.222. The van der Waals surface area contributed by atoms with Crippen LogP contribution in [0.1, 0.15) is 27.5 Å². The predicted octanol–water partition coefficient (Wildman–Crippen LogP) is 3.15. The molecule has 9 heteroatoms. The number of nitrogens with zero attached hydrogens (tertiary/aromatic N) is 4. The van der Waals surface area contributed by atoms with Crippen LogP contribution in [0.25, 0.3) is 16.6 Å². The zero-order valence-electron chi connectivity index (χ0n) is 14.9. The zero-order valence-corrected chi connectivity index (χ0v) is 15.7. The van der Waals surface area contributed by atoms with E-state index >= 15 is 0 Å². The van der Waals surface area contributed by atoms with Gasteiger partial charge in [0.25, 0.3) is 5.89 Å². The maximum Gasteiger partial charge on any atom is 0.437 e. The minimum Gasteiger partial charge on any atom is -0.387 e. The van der Waals surface area contributed by atoms with E-state index in [9.17, 15) is 9.59 Å². The molecule has 0 saturated heterocycles. The van der Waals surface area contributed by atoms with Crippen molar-refractivity contribution in [2.24, 2.45) is 0 Å². The summed E-state index contributed by atoms with van der Waals surface area (Å²) in [5, 5.41) is 10.00. The lowest BCUT2D eigenvalue weighted by Crippen LogP contribution is -2.21. The lowest BCUT2D eigenvalue weighted by atomic mass is 10.1. The number of thiophene rings is 1. The average Bonchev–Trinajstić information content (AvgIpc) is 3.38. The van der Waals surface area contributed by atoms with Crippen LogP contribution in [0.15, 0.2) is 43.4 Å². The molecule has 0 fully saturated rings. The zero-order chi connectivity index (χ0) is 19.1. The highest BCUT2D eigenvalue weighted by molar-refractivity contribution is 7.13. The van der Waals surface area contributed by atoms with Crippen LogP contribution in [0.4, 0.5) is 0 Å². The van der Waals surface area contributed by atoms with Gasteiger partial charge in [-0.2, -0.15) is 4.68 Å². The highest BCUT2D eigenvalue weighted by Gasteiger charge is 2.21. The lowest BCUT2D eigenvalue weighted by molar-refractivity contribution is 0.0964. The Hall–Kier alpha value is -3.20. The van der Waals surface area contributed by atoms with E-state index in [2.05, 4.69) is 10.3 Å². The molecule has 4 aromatic heterocycles. The summed E-state index contributed by atoms with van der Waals surface area (Å²) in [6, 6.07) is 7.21. The Morgan fingerprint density at radius 1 is 1.26 bits per heavy atom. The van der Waals surface area contributed by atoms with Gasteiger partial charge in [-0.3, -0.25) is 9.36 Å². The van der Waals surface area contributed by atoms with Gasteiger partial charge in [-0.25, -0.2) is 4.79 Å². The molecule has 0 aliphatic rings. The number of rotatable bonds is 5. The number of Topliss-reactive ketones (excluding diaryl/α,β-unsaturated/α-hetero) is 1. The van der Waals surface area contributed by atoms with Gasteiger partial charge in [-0.1, -0.05) is 11.2 Å². The molecule has 0 N–H and O–H groups in total. The van der Waals surface area contributed by atoms with E-state index in [0.29, 0.717) is 17.1 Å². The molecule has 4 rings (SSSR count). The molecule has 0 saturated carbocycles. The quantitative estimate of drug-likeness (QED) is 0.491. The average molecular weight is 384 g/mol. The second-order valence-electron chi connectivity index (χ2n) is 6.15. The first-order chi connectivity index (χ1) is 12.9. The van der Waals surface area contributed by atoms with Gasteiger partial charge in [-0.15, -0.1) is 16.4 Å². The number of aryl methyl sites for hydroxylation is 2. The van der Waals surface area contributed by atoms with E-state index in [-0.39, 0.29) is 18.2 Å². The van der Waals surface area contributed by atoms with Crippen molar-refractivity contribution in [3.05, 3.63) is 62.9 Å². The van der Waals surface area contributed by atoms with Crippen LogP contribution in [0.3, 0.4) is 0 Å². The standard InChI is InChI=1S/C18H16N4O4S/c1-10-7-13(12(3)22(10)16-8-11(2)26-20-16)14(23)9-21-18(24)25-17(19-21)15-5-4-6-27-15/h4-8H,9H2,1-3H3. The van der Waals surface area contributed by atoms with Gasteiger partial charge in [0.1, 0.15) is 12.3 Å². The summed E-state index contributed by atoms with van der Waals surface area (Å²) in [5.41, 5.74) is 2.07. The predicted molar refractivity (Wildman–Crippen MR) is 98.4 cm³/mol. The number of ketones is 1. The van der Waals surface area contributed by atoms with Crippen molar-refractivity contribution in [1.29, 1.82) is 0 Å². The first-order valence-electron chi connectivity index (χ1n) is 8.21. The fourth-order valence-electron chi connectivity index (χ4n) is 2.98. The first kappa shape index (κ1) is 17.2. The second-order valence-corrected chi connectivity index (χ2v) is 7.09. The van der Waals surface area contributed by atoms with Crippen LogP contribution in [-0.2, 0) is 6.54 Å². The van der Waals surface area contributed by atoms with E-state index in [1.54, 1.807) is 25.1 Å². The van der Waals surface area contributed by atoms with Gasteiger partial charge in [0.05, 0.1) is 4.88 Å². The molecule has 0 unspecified atom stereocenters. The van der Waals surface area contributed by atoms with Crippen molar-refractivity contribution >= 4 is 17.1 Å². The Labute approximate surface area is 157 Å². The molecule has 4 aromatic rings. The van der Waals surface area contributed by atoms with Gasteiger partial charge >= 0.3 is 5.76 Å². The number of carbonyl (C=O) groups excluding carboxylic acids is 1. The topological polar surface area (TPSA) is 96.1 Å². The van der Waals surface area contributed by atoms with Crippen molar-refractivity contribution in [1.82, 2.24) is 19.5 Å². The van der Waals surface area contributed by atoms with E-state index in [4.69, 9.17) is 8.94 Å². The molecule has 0 aromatic carbocycles. The van der Waals surface area contributed by atoms with Gasteiger partial charge in [-0.05, 0) is 38.3 Å². The molecule has 8 nitrogen and oxygen atoms in total. The molecule has 4 heterocycles. The van der Waals surface area contributed by atoms with Crippen molar-refractivity contribution < 1.29 is 13.7 Å². The summed E-state index contributed by atoms with van der Waals surface area (Å²) >= 11 is 1.41. The van der Waals surface area contributed by atoms with Crippen LogP contribution in [0, 0.1) is 20.8 Å². The smallest absolute Gasteiger partial charge is 0.387 e. The van der Waals surface area contributed by atoms with E-state index in [1.165, 1.54) is 11.3 Å². The molecule has 0 aliphatic carbocycles. The molecule has 0 radical (unpaired) electrons. The maximum absolute atomic E-state index is 12.8. The summed E-state index contributed by atoms with van der Waals surface area (Å²) in [7, 11) is 0. The number of hydrogen-bond donors (Lipinski definition) is 0. The third kappa shape index (κ3) is 3.06. The van der Waals surface area contributed by atoms with E-state index < -0.39 is 5.76 Å². The number of carbonyl (C=O) groups is 1. The Bertz CT molecular complexity index is 1180. The molecule has 0 spiro atoms. The molecule has 0 atom stereocenters. The lowest BCUT2D eigenvalue weighted by Gasteiger charge is -2.05. The van der Waals surface area contributed by atoms with Crippen LogP contribution in [0.5, 0.6) is 0 Å². The summed E-state index contributed by atoms with van der Waals surface area (Å²) < 4.78 is 13.2. The highest BCUT2D eigenvalue weighted by Crippen LogP contribution is 2.23. The monoisotopic (exact) mass is 384 g/mol. The summed E-state index contributed by atoms with van der Waals surface area (Å²) in [4.78, 5) is 25.6. The minimum atomic E-state index is -0.660. The van der Waals surface area contributed by atoms with E-state index in [0.717, 1.165) is 20.9 Å². The Balaban J connectivity index is 1.64. The highest BCUT2D eigenvalue weighted by atomic mass is 32.1. The van der Waals surface area contributed by atoms with E-state index in [1.807, 2.05) is 29.9 Å². The van der Waals surface area contributed by atoms with Gasteiger partial charge in [0.15, 0.2) is 11.6 Å². The first-order valence-corrected chi connectivity index (χ1v) is 9.09. The van der Waals surface area contributed by atoms with Crippen molar-refractivity contribution in [3.8, 4) is 16.6 Å². The van der Waals surface area contributed by atoms with Crippen molar-refractivity contribution in [2.75, 3.05) is 0 Å². The summed E-state index contributed by atoms with van der Waals surface area (Å²) in [6.07, 6.45) is 0. The molecule has 0 bridgehead atoms. The van der Waals surface area contributed by atoms with Gasteiger partial charge < -0.3 is 8.94 Å². The third-order valence-corrected chi connectivity index (χ3v) is 5.07. The molecule has 27 heavy (non-hydrogen) atoms. The van der Waals surface area contributed by atoms with Gasteiger partial charge in [0, 0.05) is 23.0 Å². The summed E-state index contributed by atoms with van der Waals surface area (Å²) in [6.45, 7) is 5.31. The molecule has 138 valence electrons. The SMILES string of the molecule is Cc1cc(-n2c(C)cc(C(=O)Cn3nc(-c4cccs4)oc3=O)c2C)no1.